The Labute approximate surface area is 209 Å². The maximum absolute atomic E-state index is 11.1. The molecular formula is C28H25N3O3S. The molecule has 0 aromatic heterocycles. The van der Waals surface area contributed by atoms with Gasteiger partial charge in [-0.25, -0.2) is 5.01 Å². The maximum Gasteiger partial charge on any atom is 0.194 e. The van der Waals surface area contributed by atoms with Gasteiger partial charge in [-0.05, 0) is 41.9 Å². The average Bonchev–Trinajstić information content (AvgIpc) is 3.34. The Balaban J connectivity index is 1.58. The first-order valence-corrected chi connectivity index (χ1v) is 11.7. The number of methoxy groups -OCH3 is 2. The highest BCUT2D eigenvalue weighted by atomic mass is 32.1. The smallest absolute Gasteiger partial charge is 0.194 e. The molecule has 2 N–H and O–H groups in total. The van der Waals surface area contributed by atoms with Gasteiger partial charge in [-0.15, -0.1) is 0 Å². The number of fused-ring (bicyclic) bond motifs is 1. The lowest BCUT2D eigenvalue weighted by molar-refractivity contribution is 0.327. The number of phenolic OH excluding ortho intramolecular Hbond substituents is 1. The van der Waals surface area contributed by atoms with Gasteiger partial charge in [-0.1, -0.05) is 60.7 Å². The third-order valence-electron chi connectivity index (χ3n) is 6.15. The van der Waals surface area contributed by atoms with Gasteiger partial charge in [0.05, 0.1) is 26.0 Å². The number of rotatable bonds is 5. The molecule has 0 saturated heterocycles. The number of anilines is 1. The topological polar surface area (TPSA) is 66.3 Å². The number of hydrazone groups is 1. The van der Waals surface area contributed by atoms with Crippen LogP contribution in [0, 0.1) is 0 Å². The summed E-state index contributed by atoms with van der Waals surface area (Å²) in [6.07, 6.45) is 0.520. The molecule has 5 rings (SSSR count). The van der Waals surface area contributed by atoms with Crippen molar-refractivity contribution >= 4 is 39.5 Å². The van der Waals surface area contributed by atoms with E-state index in [1.165, 1.54) is 0 Å². The minimum atomic E-state index is -0.260. The molecule has 0 amide bonds. The summed E-state index contributed by atoms with van der Waals surface area (Å²) in [5, 5.41) is 23.3. The molecule has 4 aromatic carbocycles. The molecule has 1 aliphatic heterocycles. The van der Waals surface area contributed by atoms with Crippen molar-refractivity contribution in [2.75, 3.05) is 19.5 Å². The second-order valence-electron chi connectivity index (χ2n) is 8.17. The van der Waals surface area contributed by atoms with Gasteiger partial charge in [-0.3, -0.25) is 0 Å². The van der Waals surface area contributed by atoms with Gasteiger partial charge < -0.3 is 19.9 Å². The number of nitrogens with one attached hydrogen (secondary N) is 1. The summed E-state index contributed by atoms with van der Waals surface area (Å²) in [7, 11) is 3.24. The second-order valence-corrected chi connectivity index (χ2v) is 8.56. The summed E-state index contributed by atoms with van der Waals surface area (Å²) in [6.45, 7) is 0. The lowest BCUT2D eigenvalue weighted by atomic mass is 9.95. The van der Waals surface area contributed by atoms with E-state index in [2.05, 4.69) is 5.32 Å². The Morgan fingerprint density at radius 1 is 0.943 bits per heavy atom. The van der Waals surface area contributed by atoms with E-state index in [1.54, 1.807) is 19.2 Å². The zero-order valence-corrected chi connectivity index (χ0v) is 20.3. The zero-order valence-electron chi connectivity index (χ0n) is 19.4. The van der Waals surface area contributed by atoms with E-state index < -0.39 is 0 Å². The summed E-state index contributed by atoms with van der Waals surface area (Å²) in [5.41, 5.74) is 3.18. The van der Waals surface area contributed by atoms with Gasteiger partial charge in [0.1, 0.15) is 5.75 Å². The number of para-hydroxylation sites is 2. The predicted molar refractivity (Wildman–Crippen MR) is 144 cm³/mol. The molecule has 4 aromatic rings. The van der Waals surface area contributed by atoms with Gasteiger partial charge in [-0.2, -0.15) is 5.10 Å². The molecule has 0 fully saturated rings. The van der Waals surface area contributed by atoms with E-state index in [1.807, 2.05) is 84.9 Å². The first-order valence-electron chi connectivity index (χ1n) is 11.3. The third-order valence-corrected chi connectivity index (χ3v) is 6.44. The van der Waals surface area contributed by atoms with Crippen molar-refractivity contribution < 1.29 is 14.6 Å². The number of phenols is 1. The quantitative estimate of drug-likeness (QED) is 0.334. The van der Waals surface area contributed by atoms with Crippen LogP contribution in [0.25, 0.3) is 10.8 Å². The van der Waals surface area contributed by atoms with Gasteiger partial charge in [0.25, 0.3) is 0 Å². The number of aromatic hydroxyl groups is 1. The van der Waals surface area contributed by atoms with Crippen LogP contribution in [0.4, 0.5) is 5.69 Å². The second kappa shape index (κ2) is 9.64. The van der Waals surface area contributed by atoms with Crippen LogP contribution in [0.3, 0.4) is 0 Å². The number of hydrogen-bond acceptors (Lipinski definition) is 5. The Bertz CT molecular complexity index is 1420. The van der Waals surface area contributed by atoms with Crippen LogP contribution in [0.5, 0.6) is 17.2 Å². The molecule has 1 aliphatic rings. The van der Waals surface area contributed by atoms with E-state index in [0.717, 1.165) is 27.7 Å². The Morgan fingerprint density at radius 3 is 2.49 bits per heavy atom. The van der Waals surface area contributed by atoms with E-state index in [4.69, 9.17) is 26.8 Å². The van der Waals surface area contributed by atoms with Gasteiger partial charge in [0.2, 0.25) is 0 Å². The summed E-state index contributed by atoms with van der Waals surface area (Å²) in [4.78, 5) is 0. The van der Waals surface area contributed by atoms with Crippen molar-refractivity contribution in [2.45, 2.75) is 12.5 Å². The molecule has 0 saturated carbocycles. The third kappa shape index (κ3) is 4.26. The van der Waals surface area contributed by atoms with Crippen LogP contribution in [-0.4, -0.2) is 35.2 Å². The molecule has 7 heteroatoms. The van der Waals surface area contributed by atoms with Crippen molar-refractivity contribution in [2.24, 2.45) is 5.10 Å². The molecular weight excluding hydrogens is 458 g/mol. The van der Waals surface area contributed by atoms with E-state index in [0.29, 0.717) is 28.6 Å². The number of hydrogen-bond donors (Lipinski definition) is 2. The number of ether oxygens (including phenoxy) is 2. The van der Waals surface area contributed by atoms with Gasteiger partial charge >= 0.3 is 0 Å². The molecule has 35 heavy (non-hydrogen) atoms. The number of nitrogens with zero attached hydrogens (tertiary/aromatic N) is 2. The summed E-state index contributed by atoms with van der Waals surface area (Å²) < 4.78 is 11.3. The van der Waals surface area contributed by atoms with Crippen LogP contribution < -0.4 is 14.8 Å². The van der Waals surface area contributed by atoms with E-state index in [9.17, 15) is 5.11 Å². The molecule has 0 spiro atoms. The number of thiocarbonyl (C=S) groups is 1. The molecule has 1 heterocycles. The molecule has 0 radical (unpaired) electrons. The van der Waals surface area contributed by atoms with Crippen molar-refractivity contribution in [1.82, 2.24) is 5.01 Å². The van der Waals surface area contributed by atoms with Crippen LogP contribution in [-0.2, 0) is 0 Å². The fourth-order valence-corrected chi connectivity index (χ4v) is 4.75. The molecule has 6 nitrogen and oxygen atoms in total. The fraction of sp³-hybridized carbons (Fsp3) is 0.143. The minimum absolute atomic E-state index is 0.210. The summed E-state index contributed by atoms with van der Waals surface area (Å²) in [5.74, 6) is 1.47. The summed E-state index contributed by atoms with van der Waals surface area (Å²) in [6, 6.07) is 26.9. The predicted octanol–water partition coefficient (Wildman–Crippen LogP) is 6.11. The monoisotopic (exact) mass is 483 g/mol. The number of benzene rings is 4. The van der Waals surface area contributed by atoms with Gasteiger partial charge in [0.15, 0.2) is 16.6 Å². The fourth-order valence-electron chi connectivity index (χ4n) is 4.47. The van der Waals surface area contributed by atoms with Crippen LogP contribution >= 0.6 is 12.2 Å². The van der Waals surface area contributed by atoms with Crippen LogP contribution in [0.2, 0.25) is 0 Å². The molecule has 1 unspecified atom stereocenters. The average molecular weight is 484 g/mol. The Hall–Kier alpha value is -4.10. The van der Waals surface area contributed by atoms with E-state index >= 15 is 0 Å². The van der Waals surface area contributed by atoms with E-state index in [-0.39, 0.29) is 11.8 Å². The standard InChI is InChI=1S/C28H25N3O3S/c1-33-25-14-8-13-22(27(25)34-2)24-17-23(21-16-15-18-9-6-7-12-20(18)26(21)32)30-31(24)28(35)29-19-10-4-3-5-11-19/h3-16,24,32H,17H2,1-2H3,(H,29,35). The highest BCUT2D eigenvalue weighted by Crippen LogP contribution is 2.43. The molecule has 1 atom stereocenters. The first kappa shape index (κ1) is 22.7. The minimum Gasteiger partial charge on any atom is -0.507 e. The van der Waals surface area contributed by atoms with Crippen molar-refractivity contribution in [3.05, 3.63) is 96.1 Å². The molecule has 0 aliphatic carbocycles. The normalized spacial score (nSPS) is 15.1. The highest BCUT2D eigenvalue weighted by Gasteiger charge is 2.35. The first-order chi connectivity index (χ1) is 17.1. The highest BCUT2D eigenvalue weighted by molar-refractivity contribution is 7.80. The lowest BCUT2D eigenvalue weighted by Crippen LogP contribution is -2.31. The van der Waals surface area contributed by atoms with Crippen molar-refractivity contribution in [3.63, 3.8) is 0 Å². The summed E-state index contributed by atoms with van der Waals surface area (Å²) >= 11 is 5.80. The van der Waals surface area contributed by atoms with Crippen molar-refractivity contribution in [3.8, 4) is 17.2 Å². The zero-order chi connectivity index (χ0) is 24.4. The Morgan fingerprint density at radius 2 is 1.71 bits per heavy atom. The SMILES string of the molecule is COc1cccc(C2CC(c3ccc4ccccc4c3O)=NN2C(=S)Nc2ccccc2)c1OC. The van der Waals surface area contributed by atoms with Crippen LogP contribution in [0.1, 0.15) is 23.6 Å². The maximum atomic E-state index is 11.1. The molecule has 176 valence electrons. The van der Waals surface area contributed by atoms with Crippen molar-refractivity contribution in [1.29, 1.82) is 0 Å². The van der Waals surface area contributed by atoms with Gasteiger partial charge in [0, 0.05) is 28.6 Å². The Kier molecular flexibility index (Phi) is 6.25. The lowest BCUT2D eigenvalue weighted by Gasteiger charge is -2.26. The van der Waals surface area contributed by atoms with Crippen LogP contribution in [0.15, 0.2) is 90.0 Å². The largest absolute Gasteiger partial charge is 0.507 e. The molecule has 0 bridgehead atoms.